The molecular weight excluding hydrogens is 911 g/mol. The van der Waals surface area contributed by atoms with Crippen molar-refractivity contribution >= 4 is 18.8 Å². The molecule has 0 radical (unpaired) electrons. The van der Waals surface area contributed by atoms with Crippen molar-refractivity contribution in [3.05, 3.63) is 229 Å². The van der Waals surface area contributed by atoms with Gasteiger partial charge in [0.05, 0.1) is 0 Å². The Morgan fingerprint density at radius 1 is 0.333 bits per heavy atom. The molecule has 282 valence electrons. The normalized spacial score (nSPS) is 9.82. The third-order valence-electron chi connectivity index (χ3n) is 8.87. The molecule has 0 bridgehead atoms. The molecule has 0 saturated carbocycles. The molecule has 0 spiro atoms. The zero-order valence-electron chi connectivity index (χ0n) is 31.7. The van der Waals surface area contributed by atoms with Crippen LogP contribution in [0.25, 0.3) is 44.5 Å². The Morgan fingerprint density at radius 3 is 0.789 bits per heavy atom. The van der Waals surface area contributed by atoms with Crippen molar-refractivity contribution in [1.29, 1.82) is 0 Å². The van der Waals surface area contributed by atoms with Crippen LogP contribution in [-0.2, 0) is 16.5 Å². The van der Waals surface area contributed by atoms with E-state index in [1.807, 2.05) is 158 Å². The maximum absolute atomic E-state index is 10.5. The molecule has 0 aliphatic heterocycles. The molecule has 0 aliphatic carbocycles. The van der Waals surface area contributed by atoms with E-state index in [0.717, 1.165) is 55.6 Å². The van der Waals surface area contributed by atoms with E-state index in [1.54, 1.807) is 0 Å². The summed E-state index contributed by atoms with van der Waals surface area (Å²) < 4.78 is 0. The summed E-state index contributed by atoms with van der Waals surface area (Å²) in [7, 11) is 9.86. The molecule has 8 aromatic rings. The van der Waals surface area contributed by atoms with Crippen LogP contribution in [0.1, 0.15) is 22.3 Å². The Hall–Kier alpha value is -5.81. The van der Waals surface area contributed by atoms with E-state index < -0.39 is 16.5 Å². The van der Waals surface area contributed by atoms with Gasteiger partial charge < -0.3 is 10.2 Å². The molecule has 8 rings (SSSR count). The molecule has 0 amide bonds. The minimum atomic E-state index is -0.806. The van der Waals surface area contributed by atoms with Gasteiger partial charge in [-0.2, -0.15) is 0 Å². The second-order valence-electron chi connectivity index (χ2n) is 12.9. The van der Waals surface area contributed by atoms with E-state index in [-0.39, 0.29) is 0 Å². The van der Waals surface area contributed by atoms with Gasteiger partial charge in [0.1, 0.15) is 11.5 Å². The molecule has 0 saturated heterocycles. The summed E-state index contributed by atoms with van der Waals surface area (Å²) in [6.07, 6.45) is 0. The number of phenols is 2. The first-order valence-corrected chi connectivity index (χ1v) is 25.5. The molecular formula is C52H42Cl2O2W. The van der Waals surface area contributed by atoms with E-state index in [2.05, 4.69) is 74.2 Å². The van der Waals surface area contributed by atoms with Gasteiger partial charge in [0.15, 0.2) is 0 Å². The second kappa shape index (κ2) is 22.7. The van der Waals surface area contributed by atoms with Gasteiger partial charge in [-0.05, 0) is 60.4 Å². The van der Waals surface area contributed by atoms with E-state index >= 15 is 0 Å². The van der Waals surface area contributed by atoms with Crippen molar-refractivity contribution < 1.29 is 26.7 Å². The van der Waals surface area contributed by atoms with E-state index in [1.165, 1.54) is 11.1 Å². The van der Waals surface area contributed by atoms with Crippen molar-refractivity contribution in [3.63, 3.8) is 0 Å². The molecule has 8 aromatic carbocycles. The molecule has 0 heterocycles. The van der Waals surface area contributed by atoms with Crippen LogP contribution in [-0.4, -0.2) is 10.2 Å². The van der Waals surface area contributed by atoms with Gasteiger partial charge in [0.2, 0.25) is 0 Å². The number of aromatic hydroxyl groups is 2. The van der Waals surface area contributed by atoms with Crippen LogP contribution in [0.5, 0.6) is 11.5 Å². The number of rotatable bonds is 4. The predicted octanol–water partition coefficient (Wildman–Crippen LogP) is 14.5. The van der Waals surface area contributed by atoms with E-state index in [9.17, 15) is 10.2 Å². The van der Waals surface area contributed by atoms with Gasteiger partial charge in [0.25, 0.3) is 0 Å². The number of halogens is 2. The monoisotopic (exact) mass is 952 g/mol. The molecule has 0 fully saturated rings. The first-order chi connectivity index (χ1) is 27.9. The van der Waals surface area contributed by atoms with Gasteiger partial charge in [-0.3, -0.25) is 0 Å². The molecule has 0 aliphatic rings. The molecule has 5 heteroatoms. The van der Waals surface area contributed by atoms with Crippen LogP contribution in [0, 0.1) is 25.7 Å². The fourth-order valence-electron chi connectivity index (χ4n) is 5.91. The zero-order chi connectivity index (χ0) is 40.2. The van der Waals surface area contributed by atoms with Gasteiger partial charge >= 0.3 is 35.3 Å². The van der Waals surface area contributed by atoms with Crippen molar-refractivity contribution in [2.75, 3.05) is 0 Å². The van der Waals surface area contributed by atoms with Gasteiger partial charge in [-0.15, -0.1) is 0 Å². The number of benzene rings is 8. The fraction of sp³-hybridized carbons (Fsp3) is 0.0385. The molecule has 0 unspecified atom stereocenters. The van der Waals surface area contributed by atoms with Crippen molar-refractivity contribution in [3.8, 4) is 67.8 Å². The van der Waals surface area contributed by atoms with Crippen LogP contribution in [0.15, 0.2) is 206 Å². The molecule has 0 aromatic heterocycles. The Labute approximate surface area is 353 Å². The van der Waals surface area contributed by atoms with Gasteiger partial charge in [0, 0.05) is 33.4 Å². The summed E-state index contributed by atoms with van der Waals surface area (Å²) in [5, 5.41) is 21.0. The summed E-state index contributed by atoms with van der Waals surface area (Å²) in [5.74, 6) is 6.98. The standard InChI is InChI=1S/2C18H14O.C16H14.2ClH.W/c2*19-18-16(14-8-3-1-4-9-14)12-7-13-17(18)15-10-5-2-6-11-15;1-13-3-7-15(8-4-13)11-12-16-9-5-14(2)6-10-16;;;/h2*1-13,19H;3-10H,1-2H3;2*1H;/q;;;;;+2/p-2. The molecule has 2 nitrogen and oxygen atoms in total. The number of para-hydroxylation sites is 2. The third-order valence-corrected chi connectivity index (χ3v) is 8.87. The quantitative estimate of drug-likeness (QED) is 0.173. The first kappa shape index (κ1) is 42.3. The average molecular weight is 954 g/mol. The van der Waals surface area contributed by atoms with Gasteiger partial charge in [-0.1, -0.05) is 205 Å². The number of aryl methyl sites for hydroxylation is 2. The van der Waals surface area contributed by atoms with Crippen molar-refractivity contribution in [2.24, 2.45) is 0 Å². The molecule has 2 N–H and O–H groups in total. The van der Waals surface area contributed by atoms with Gasteiger partial charge in [-0.25, -0.2) is 0 Å². The topological polar surface area (TPSA) is 40.5 Å². The predicted molar refractivity (Wildman–Crippen MR) is 238 cm³/mol. The Bertz CT molecular complexity index is 2170. The van der Waals surface area contributed by atoms with Crippen LogP contribution in [0.3, 0.4) is 0 Å². The fourth-order valence-corrected chi connectivity index (χ4v) is 5.91. The van der Waals surface area contributed by atoms with Crippen molar-refractivity contribution in [1.82, 2.24) is 0 Å². The summed E-state index contributed by atoms with van der Waals surface area (Å²) in [6, 6.07) is 68.0. The van der Waals surface area contributed by atoms with E-state index in [4.69, 9.17) is 18.8 Å². The van der Waals surface area contributed by atoms with Crippen LogP contribution in [0.2, 0.25) is 0 Å². The Morgan fingerprint density at radius 2 is 0.561 bits per heavy atom. The second-order valence-corrected chi connectivity index (χ2v) is 17.1. The Kier molecular flexibility index (Phi) is 16.8. The van der Waals surface area contributed by atoms with Crippen LogP contribution < -0.4 is 0 Å². The zero-order valence-corrected chi connectivity index (χ0v) is 36.1. The SMILES string of the molecule is Cc1ccc(C#Cc2ccc(C)cc2)cc1.Oc1c(-c2ccccc2)cccc1-c1ccccc1.Oc1c(-c2ccccc2)cccc1-c1ccccc1.[Cl][W][Cl]. The number of hydrogen-bond acceptors (Lipinski definition) is 2. The summed E-state index contributed by atoms with van der Waals surface area (Å²) in [5.41, 5.74) is 12.2. The maximum atomic E-state index is 10.5. The van der Waals surface area contributed by atoms with E-state index in [0.29, 0.717) is 11.5 Å². The first-order valence-electron chi connectivity index (χ1n) is 18.3. The molecule has 0 atom stereocenters. The average Bonchev–Trinajstić information content (AvgIpc) is 3.26. The summed E-state index contributed by atoms with van der Waals surface area (Å²) >= 11 is -0.806. The van der Waals surface area contributed by atoms with Crippen LogP contribution >= 0.6 is 18.8 Å². The minimum absolute atomic E-state index is 0.333. The summed E-state index contributed by atoms with van der Waals surface area (Å²) in [6.45, 7) is 4.16. The number of phenolic OH excluding ortho intramolecular Hbond substituents is 2. The summed E-state index contributed by atoms with van der Waals surface area (Å²) in [4.78, 5) is 0. The third kappa shape index (κ3) is 12.9. The molecule has 57 heavy (non-hydrogen) atoms. The van der Waals surface area contributed by atoms with Crippen LogP contribution in [0.4, 0.5) is 0 Å². The number of hydrogen-bond donors (Lipinski definition) is 2. The van der Waals surface area contributed by atoms with Crippen molar-refractivity contribution in [2.45, 2.75) is 13.8 Å². The Balaban J connectivity index is 0.000000158.